The van der Waals surface area contributed by atoms with Crippen molar-refractivity contribution in [3.05, 3.63) is 35.7 Å². The number of carbonyl (C=O) groups is 1. The lowest BCUT2D eigenvalue weighted by molar-refractivity contribution is -0.128. The Hall–Kier alpha value is -2.17. The number of nitrogens with zero attached hydrogens (tertiary/aromatic N) is 4. The van der Waals surface area contributed by atoms with E-state index in [4.69, 9.17) is 4.52 Å². The highest BCUT2D eigenvalue weighted by Gasteiger charge is 2.17. The minimum absolute atomic E-state index is 0. The molecule has 8 nitrogen and oxygen atoms in total. The zero-order chi connectivity index (χ0) is 20.5. The van der Waals surface area contributed by atoms with Crippen LogP contribution in [0.3, 0.4) is 0 Å². The van der Waals surface area contributed by atoms with Gasteiger partial charge in [-0.15, -0.1) is 24.0 Å². The number of aryl methyl sites for hydroxylation is 1. The standard InChI is InChI=1S/C21H30N6O2.HI/c1-3-8-18-25-20(29-26-18)17-10-7-9-16(13-17)14-23-21(22-4-2)24-15-19(28)27-11-5-6-12-27;/h7,9-10,13H,3-6,8,11-12,14-15H2,1-2H3,(H2,22,23,24);1H. The molecule has 0 radical (unpaired) electrons. The largest absolute Gasteiger partial charge is 0.357 e. The quantitative estimate of drug-likeness (QED) is 0.312. The Morgan fingerprint density at radius 2 is 2.03 bits per heavy atom. The number of aromatic nitrogens is 2. The Labute approximate surface area is 194 Å². The first-order valence-corrected chi connectivity index (χ1v) is 10.4. The van der Waals surface area contributed by atoms with Crippen LogP contribution in [-0.2, 0) is 17.8 Å². The van der Waals surface area contributed by atoms with E-state index in [2.05, 4.69) is 32.7 Å². The number of halogens is 1. The van der Waals surface area contributed by atoms with Crippen molar-refractivity contribution < 1.29 is 9.32 Å². The maximum atomic E-state index is 12.2. The fourth-order valence-corrected chi connectivity index (χ4v) is 3.25. The maximum absolute atomic E-state index is 12.2. The van der Waals surface area contributed by atoms with E-state index in [9.17, 15) is 4.79 Å². The van der Waals surface area contributed by atoms with Gasteiger partial charge in [0.1, 0.15) is 0 Å². The third-order valence-electron chi connectivity index (χ3n) is 4.75. The van der Waals surface area contributed by atoms with Crippen LogP contribution in [-0.4, -0.2) is 53.1 Å². The van der Waals surface area contributed by atoms with Crippen LogP contribution in [0.15, 0.2) is 33.8 Å². The van der Waals surface area contributed by atoms with E-state index in [0.29, 0.717) is 18.4 Å². The Kier molecular flexibility index (Phi) is 10.0. The number of rotatable bonds is 8. The molecule has 1 fully saturated rings. The van der Waals surface area contributed by atoms with Gasteiger partial charge in [0, 0.05) is 31.6 Å². The molecule has 30 heavy (non-hydrogen) atoms. The van der Waals surface area contributed by atoms with E-state index in [1.54, 1.807) is 0 Å². The summed E-state index contributed by atoms with van der Waals surface area (Å²) in [6.07, 6.45) is 3.97. The van der Waals surface area contributed by atoms with Crippen LogP contribution < -0.4 is 10.6 Å². The second-order valence-corrected chi connectivity index (χ2v) is 7.10. The molecule has 0 spiro atoms. The summed E-state index contributed by atoms with van der Waals surface area (Å²) in [5.41, 5.74) is 1.91. The molecule has 2 heterocycles. The summed E-state index contributed by atoms with van der Waals surface area (Å²) in [6, 6.07) is 7.93. The molecular weight excluding hydrogens is 495 g/mol. The normalized spacial score (nSPS) is 13.8. The highest BCUT2D eigenvalue weighted by molar-refractivity contribution is 14.0. The van der Waals surface area contributed by atoms with Crippen LogP contribution in [0.1, 0.15) is 44.5 Å². The lowest BCUT2D eigenvalue weighted by atomic mass is 10.1. The molecule has 0 saturated carbocycles. The van der Waals surface area contributed by atoms with Crippen molar-refractivity contribution in [2.24, 2.45) is 4.99 Å². The van der Waals surface area contributed by atoms with Gasteiger partial charge in [0.15, 0.2) is 11.8 Å². The van der Waals surface area contributed by atoms with Crippen molar-refractivity contribution in [1.82, 2.24) is 25.7 Å². The van der Waals surface area contributed by atoms with Crippen molar-refractivity contribution in [1.29, 1.82) is 0 Å². The van der Waals surface area contributed by atoms with Crippen LogP contribution in [0.4, 0.5) is 0 Å². The van der Waals surface area contributed by atoms with Crippen LogP contribution in [0.2, 0.25) is 0 Å². The predicted molar refractivity (Wildman–Crippen MR) is 128 cm³/mol. The van der Waals surface area contributed by atoms with E-state index in [1.165, 1.54) is 0 Å². The number of benzene rings is 1. The van der Waals surface area contributed by atoms with Gasteiger partial charge >= 0.3 is 0 Å². The van der Waals surface area contributed by atoms with Gasteiger partial charge in [0.05, 0.1) is 13.1 Å². The second kappa shape index (κ2) is 12.5. The average Bonchev–Trinajstić information content (AvgIpc) is 3.43. The number of guanidine groups is 1. The van der Waals surface area contributed by atoms with Crippen molar-refractivity contribution in [2.45, 2.75) is 46.1 Å². The molecule has 0 unspecified atom stereocenters. The molecule has 1 aliphatic rings. The van der Waals surface area contributed by atoms with E-state index < -0.39 is 0 Å². The van der Waals surface area contributed by atoms with Gasteiger partial charge in [-0.1, -0.05) is 24.2 Å². The van der Waals surface area contributed by atoms with Crippen molar-refractivity contribution in [3.8, 4) is 11.5 Å². The summed E-state index contributed by atoms with van der Waals surface area (Å²) in [7, 11) is 0. The number of carbonyl (C=O) groups excluding carboxylic acids is 1. The second-order valence-electron chi connectivity index (χ2n) is 7.10. The topological polar surface area (TPSA) is 95.7 Å². The third-order valence-corrected chi connectivity index (χ3v) is 4.75. The van der Waals surface area contributed by atoms with E-state index in [0.717, 1.165) is 62.3 Å². The molecule has 0 bridgehead atoms. The van der Waals surface area contributed by atoms with Crippen LogP contribution in [0, 0.1) is 0 Å². The summed E-state index contributed by atoms with van der Waals surface area (Å²) in [4.78, 5) is 23.2. The first-order valence-electron chi connectivity index (χ1n) is 10.4. The van der Waals surface area contributed by atoms with Gasteiger partial charge < -0.3 is 20.1 Å². The van der Waals surface area contributed by atoms with Crippen molar-refractivity contribution in [3.63, 3.8) is 0 Å². The smallest absolute Gasteiger partial charge is 0.257 e. The van der Waals surface area contributed by atoms with Crippen LogP contribution >= 0.6 is 24.0 Å². The first kappa shape index (κ1) is 24.1. The molecule has 3 rings (SSSR count). The Balaban J connectivity index is 0.00000320. The van der Waals surface area contributed by atoms with Crippen molar-refractivity contribution >= 4 is 35.8 Å². The van der Waals surface area contributed by atoms with E-state index >= 15 is 0 Å². The molecule has 164 valence electrons. The average molecular weight is 526 g/mol. The number of likely N-dealkylation sites (tertiary alicyclic amines) is 1. The fourth-order valence-electron chi connectivity index (χ4n) is 3.25. The molecule has 1 aromatic carbocycles. The zero-order valence-electron chi connectivity index (χ0n) is 17.7. The van der Waals surface area contributed by atoms with Crippen LogP contribution in [0.5, 0.6) is 0 Å². The van der Waals surface area contributed by atoms with Gasteiger partial charge in [-0.2, -0.15) is 4.98 Å². The van der Waals surface area contributed by atoms with Gasteiger partial charge in [-0.25, -0.2) is 4.99 Å². The van der Waals surface area contributed by atoms with Gasteiger partial charge in [0.2, 0.25) is 5.91 Å². The van der Waals surface area contributed by atoms with Gasteiger partial charge in [-0.05, 0) is 43.9 Å². The summed E-state index contributed by atoms with van der Waals surface area (Å²) >= 11 is 0. The maximum Gasteiger partial charge on any atom is 0.257 e. The molecule has 1 aliphatic heterocycles. The predicted octanol–water partition coefficient (Wildman–Crippen LogP) is 2.98. The Morgan fingerprint density at radius 1 is 1.23 bits per heavy atom. The number of amides is 1. The number of nitrogens with one attached hydrogen (secondary N) is 2. The molecule has 0 atom stereocenters. The highest BCUT2D eigenvalue weighted by atomic mass is 127. The molecule has 2 N–H and O–H groups in total. The zero-order valence-corrected chi connectivity index (χ0v) is 20.0. The molecular formula is C21H31IN6O2. The summed E-state index contributed by atoms with van der Waals surface area (Å²) in [5, 5.41) is 10.3. The molecule has 0 aliphatic carbocycles. The van der Waals surface area contributed by atoms with Gasteiger partial charge in [-0.3, -0.25) is 4.79 Å². The lowest BCUT2D eigenvalue weighted by Gasteiger charge is -2.17. The SMILES string of the molecule is CCCc1noc(-c2cccc(CN=C(NCC)NCC(=O)N3CCCC3)c2)n1.I. The third kappa shape index (κ3) is 6.96. The molecule has 9 heteroatoms. The first-order chi connectivity index (χ1) is 14.2. The summed E-state index contributed by atoms with van der Waals surface area (Å²) in [6.45, 7) is 7.28. The molecule has 2 aromatic rings. The van der Waals surface area contributed by atoms with Crippen LogP contribution in [0.25, 0.3) is 11.5 Å². The minimum Gasteiger partial charge on any atom is -0.357 e. The summed E-state index contributed by atoms with van der Waals surface area (Å²) in [5.74, 6) is 2.01. The lowest BCUT2D eigenvalue weighted by Crippen LogP contribution is -2.44. The Bertz CT molecular complexity index is 832. The minimum atomic E-state index is 0. The Morgan fingerprint density at radius 3 is 2.77 bits per heavy atom. The molecule has 1 amide bonds. The fraction of sp³-hybridized carbons (Fsp3) is 0.524. The molecule has 1 aromatic heterocycles. The molecule has 1 saturated heterocycles. The number of hydrogen-bond acceptors (Lipinski definition) is 5. The monoisotopic (exact) mass is 526 g/mol. The summed E-state index contributed by atoms with van der Waals surface area (Å²) < 4.78 is 5.37. The van der Waals surface area contributed by atoms with Gasteiger partial charge in [0.25, 0.3) is 5.89 Å². The number of hydrogen-bond donors (Lipinski definition) is 2. The number of aliphatic imine (C=N–C) groups is 1. The van der Waals surface area contributed by atoms with E-state index in [-0.39, 0.29) is 36.4 Å². The highest BCUT2D eigenvalue weighted by Crippen LogP contribution is 2.19. The van der Waals surface area contributed by atoms with Crippen molar-refractivity contribution in [2.75, 3.05) is 26.2 Å². The van der Waals surface area contributed by atoms with E-state index in [1.807, 2.05) is 36.1 Å².